The van der Waals surface area contributed by atoms with Gasteiger partial charge in [0, 0.05) is 12.7 Å². The van der Waals surface area contributed by atoms with Crippen molar-refractivity contribution in [3.8, 4) is 0 Å². The summed E-state index contributed by atoms with van der Waals surface area (Å²) in [5.74, 6) is 0.729. The first kappa shape index (κ1) is 13.2. The molecule has 2 aliphatic heterocycles. The van der Waals surface area contributed by atoms with Crippen LogP contribution in [0.4, 0.5) is 15.9 Å². The second-order valence-corrected chi connectivity index (χ2v) is 5.75. The van der Waals surface area contributed by atoms with E-state index in [4.69, 9.17) is 0 Å². The van der Waals surface area contributed by atoms with Crippen molar-refractivity contribution in [3.05, 3.63) is 54.0 Å². The minimum absolute atomic E-state index is 0.108. The zero-order chi connectivity index (χ0) is 15.1. The number of anilines is 2. The molecule has 0 spiro atoms. The van der Waals surface area contributed by atoms with Crippen LogP contribution in [-0.4, -0.2) is 23.5 Å². The predicted molar refractivity (Wildman–Crippen MR) is 82.2 cm³/mol. The van der Waals surface area contributed by atoms with Gasteiger partial charge in [-0.3, -0.25) is 4.79 Å². The number of fused-ring (bicyclic) bond motifs is 3. The molecule has 0 aliphatic carbocycles. The topological polar surface area (TPSA) is 36.4 Å². The molecule has 0 radical (unpaired) electrons. The van der Waals surface area contributed by atoms with Gasteiger partial charge in [0.25, 0.3) is 0 Å². The van der Waals surface area contributed by atoms with Crippen LogP contribution in [0.2, 0.25) is 0 Å². The van der Waals surface area contributed by atoms with E-state index in [1.54, 1.807) is 23.2 Å². The molecular formula is C17H16FN3O. The third kappa shape index (κ3) is 2.04. The Labute approximate surface area is 128 Å². The fourth-order valence-corrected chi connectivity index (χ4v) is 3.33. The first-order valence-electron chi connectivity index (χ1n) is 7.51. The average Bonchev–Trinajstić information content (AvgIpc) is 3.03. The number of hydrogen-bond acceptors (Lipinski definition) is 3. The molecule has 1 fully saturated rings. The van der Waals surface area contributed by atoms with Crippen molar-refractivity contribution in [2.24, 2.45) is 0 Å². The van der Waals surface area contributed by atoms with E-state index in [0.717, 1.165) is 36.5 Å². The zero-order valence-electron chi connectivity index (χ0n) is 12.1. The first-order chi connectivity index (χ1) is 10.7. The summed E-state index contributed by atoms with van der Waals surface area (Å²) >= 11 is 0. The quantitative estimate of drug-likeness (QED) is 0.855. The van der Waals surface area contributed by atoms with Gasteiger partial charge in [0.05, 0.1) is 12.2 Å². The van der Waals surface area contributed by atoms with Crippen LogP contribution in [0.5, 0.6) is 0 Å². The number of carbonyl (C=O) groups excluding carboxylic acids is 1. The summed E-state index contributed by atoms with van der Waals surface area (Å²) < 4.78 is 13.1. The number of amides is 1. The van der Waals surface area contributed by atoms with E-state index >= 15 is 0 Å². The van der Waals surface area contributed by atoms with Crippen LogP contribution >= 0.6 is 0 Å². The van der Waals surface area contributed by atoms with Gasteiger partial charge in [-0.1, -0.05) is 12.1 Å². The number of benzene rings is 1. The molecule has 3 heterocycles. The highest BCUT2D eigenvalue weighted by Gasteiger charge is 2.41. The molecule has 0 bridgehead atoms. The van der Waals surface area contributed by atoms with Crippen LogP contribution in [0, 0.1) is 5.82 Å². The zero-order valence-corrected chi connectivity index (χ0v) is 12.1. The highest BCUT2D eigenvalue weighted by Crippen LogP contribution is 2.38. The lowest BCUT2D eigenvalue weighted by Gasteiger charge is -2.38. The summed E-state index contributed by atoms with van der Waals surface area (Å²) in [6.07, 6.45) is 3.64. The molecule has 1 aromatic carbocycles. The van der Waals surface area contributed by atoms with Gasteiger partial charge >= 0.3 is 0 Å². The van der Waals surface area contributed by atoms with Crippen molar-refractivity contribution < 1.29 is 9.18 Å². The van der Waals surface area contributed by atoms with E-state index in [1.807, 2.05) is 12.1 Å². The fourth-order valence-electron chi connectivity index (χ4n) is 3.33. The minimum atomic E-state index is -0.266. The Bertz CT molecular complexity index is 716. The second-order valence-electron chi connectivity index (χ2n) is 5.75. The SMILES string of the molecule is O=C1[C@H]2CCCN2c2ncccc2N1Cc1ccc(F)cc1. The number of hydrogen-bond donors (Lipinski definition) is 0. The summed E-state index contributed by atoms with van der Waals surface area (Å²) in [7, 11) is 0. The smallest absolute Gasteiger partial charge is 0.250 e. The van der Waals surface area contributed by atoms with Gasteiger partial charge in [-0.15, -0.1) is 0 Å². The number of nitrogens with zero attached hydrogens (tertiary/aromatic N) is 3. The van der Waals surface area contributed by atoms with E-state index < -0.39 is 0 Å². The molecule has 22 heavy (non-hydrogen) atoms. The third-order valence-electron chi connectivity index (χ3n) is 4.39. The van der Waals surface area contributed by atoms with Crippen molar-refractivity contribution in [3.63, 3.8) is 0 Å². The Morgan fingerprint density at radius 2 is 2.05 bits per heavy atom. The van der Waals surface area contributed by atoms with Gasteiger partial charge in [-0.2, -0.15) is 0 Å². The Balaban J connectivity index is 1.73. The molecule has 0 N–H and O–H groups in total. The number of pyridine rings is 1. The normalized spacial score (nSPS) is 20.0. The molecule has 1 saturated heterocycles. The fraction of sp³-hybridized carbons (Fsp3) is 0.294. The van der Waals surface area contributed by atoms with Crippen LogP contribution in [-0.2, 0) is 11.3 Å². The molecule has 0 saturated carbocycles. The maximum Gasteiger partial charge on any atom is 0.250 e. The van der Waals surface area contributed by atoms with E-state index in [2.05, 4.69) is 9.88 Å². The molecule has 112 valence electrons. The van der Waals surface area contributed by atoms with Crippen molar-refractivity contribution >= 4 is 17.4 Å². The predicted octanol–water partition coefficient (Wildman–Crippen LogP) is 2.74. The summed E-state index contributed by atoms with van der Waals surface area (Å²) in [4.78, 5) is 21.2. The maximum atomic E-state index is 13.1. The molecule has 1 aromatic heterocycles. The van der Waals surface area contributed by atoms with Crippen LogP contribution < -0.4 is 9.80 Å². The van der Waals surface area contributed by atoms with Crippen LogP contribution in [0.15, 0.2) is 42.6 Å². The molecule has 5 heteroatoms. The van der Waals surface area contributed by atoms with Gasteiger partial charge in [0.2, 0.25) is 5.91 Å². The number of halogens is 1. The Morgan fingerprint density at radius 3 is 2.86 bits per heavy atom. The van der Waals surface area contributed by atoms with Gasteiger partial charge in [0.1, 0.15) is 11.9 Å². The van der Waals surface area contributed by atoms with Crippen molar-refractivity contribution in [1.29, 1.82) is 0 Å². The van der Waals surface area contributed by atoms with E-state index in [0.29, 0.717) is 6.54 Å². The molecule has 4 rings (SSSR count). The highest BCUT2D eigenvalue weighted by molar-refractivity contribution is 6.05. The molecule has 2 aromatic rings. The molecule has 2 aliphatic rings. The Hall–Kier alpha value is -2.43. The molecule has 4 nitrogen and oxygen atoms in total. The number of rotatable bonds is 2. The largest absolute Gasteiger partial charge is 0.343 e. The van der Waals surface area contributed by atoms with Crippen molar-refractivity contribution in [2.75, 3.05) is 16.3 Å². The molecule has 0 unspecified atom stereocenters. The standard InChI is InChI=1S/C17H16FN3O/c18-13-7-5-12(6-8-13)11-21-14-3-1-9-19-16(14)20-10-2-4-15(20)17(21)22/h1,3,5-9,15H,2,4,10-11H2/t15-/m1/s1. The van der Waals surface area contributed by atoms with Gasteiger partial charge < -0.3 is 9.80 Å². The highest BCUT2D eigenvalue weighted by atomic mass is 19.1. The van der Waals surface area contributed by atoms with Crippen molar-refractivity contribution in [2.45, 2.75) is 25.4 Å². The summed E-state index contributed by atoms with van der Waals surface area (Å²) in [5, 5.41) is 0. The summed E-state index contributed by atoms with van der Waals surface area (Å²) in [5.41, 5.74) is 1.76. The van der Waals surface area contributed by atoms with Gasteiger partial charge in [-0.05, 0) is 42.7 Å². The molecule has 1 atom stereocenters. The lowest BCUT2D eigenvalue weighted by Crippen LogP contribution is -2.50. The van der Waals surface area contributed by atoms with Gasteiger partial charge in [-0.25, -0.2) is 9.37 Å². The van der Waals surface area contributed by atoms with Crippen LogP contribution in [0.1, 0.15) is 18.4 Å². The number of aromatic nitrogens is 1. The monoisotopic (exact) mass is 297 g/mol. The lowest BCUT2D eigenvalue weighted by molar-refractivity contribution is -0.120. The summed E-state index contributed by atoms with van der Waals surface area (Å²) in [6.45, 7) is 1.33. The molecular weight excluding hydrogens is 281 g/mol. The molecule has 1 amide bonds. The number of carbonyl (C=O) groups is 1. The average molecular weight is 297 g/mol. The summed E-state index contributed by atoms with van der Waals surface area (Å²) in [6, 6.07) is 9.96. The van der Waals surface area contributed by atoms with Crippen molar-refractivity contribution in [1.82, 2.24) is 4.98 Å². The van der Waals surface area contributed by atoms with Crippen LogP contribution in [0.25, 0.3) is 0 Å². The van der Waals surface area contributed by atoms with E-state index in [9.17, 15) is 9.18 Å². The lowest BCUT2D eigenvalue weighted by atomic mass is 10.1. The van der Waals surface area contributed by atoms with Gasteiger partial charge in [0.15, 0.2) is 5.82 Å². The van der Waals surface area contributed by atoms with Crippen LogP contribution in [0.3, 0.4) is 0 Å². The Morgan fingerprint density at radius 1 is 1.23 bits per heavy atom. The Kier molecular flexibility index (Phi) is 3.06. The second kappa shape index (κ2) is 5.09. The first-order valence-corrected chi connectivity index (χ1v) is 7.51. The maximum absolute atomic E-state index is 13.1. The van der Waals surface area contributed by atoms with E-state index in [1.165, 1.54) is 12.1 Å². The third-order valence-corrected chi connectivity index (χ3v) is 4.39. The van der Waals surface area contributed by atoms with E-state index in [-0.39, 0.29) is 17.8 Å². The minimum Gasteiger partial charge on any atom is -0.343 e.